The summed E-state index contributed by atoms with van der Waals surface area (Å²) in [6.45, 7) is 5.11. The van der Waals surface area contributed by atoms with Crippen LogP contribution in [0, 0.1) is 5.92 Å². The van der Waals surface area contributed by atoms with Gasteiger partial charge in [-0.3, -0.25) is 4.79 Å². The molecule has 0 bridgehead atoms. The van der Waals surface area contributed by atoms with Crippen LogP contribution in [0.2, 0.25) is 0 Å². The Kier molecular flexibility index (Phi) is 4.22. The molecule has 0 fully saturated rings. The topological polar surface area (TPSA) is 34.1 Å². The second-order valence-corrected chi connectivity index (χ2v) is 3.86. The average molecular weight is 204 g/mol. The van der Waals surface area contributed by atoms with Crippen molar-refractivity contribution in [2.24, 2.45) is 5.92 Å². The fourth-order valence-corrected chi connectivity index (χ4v) is 1.73. The molecule has 1 atom stereocenters. The zero-order valence-corrected chi connectivity index (χ0v) is 9.03. The minimum atomic E-state index is -0.0941. The second-order valence-electron chi connectivity index (χ2n) is 3.86. The van der Waals surface area contributed by atoms with Crippen LogP contribution in [0.5, 0.6) is 0 Å². The Balaban J connectivity index is 2.64. The predicted molar refractivity (Wildman–Crippen MR) is 60.4 cm³/mol. The van der Waals surface area contributed by atoms with Crippen molar-refractivity contribution in [2.45, 2.75) is 26.2 Å². The molecule has 0 saturated heterocycles. The number of ketones is 2. The molecule has 2 nitrogen and oxygen atoms in total. The monoisotopic (exact) mass is 204 g/mol. The zero-order valence-electron chi connectivity index (χ0n) is 9.03. The van der Waals surface area contributed by atoms with Gasteiger partial charge in [-0.15, -0.1) is 0 Å². The van der Waals surface area contributed by atoms with Gasteiger partial charge in [0.05, 0.1) is 0 Å². The van der Waals surface area contributed by atoms with Crippen LogP contribution >= 0.6 is 0 Å². The van der Waals surface area contributed by atoms with Crippen molar-refractivity contribution in [3.8, 4) is 0 Å². The lowest BCUT2D eigenvalue weighted by atomic mass is 9.85. The first-order valence-electron chi connectivity index (χ1n) is 5.16. The first-order valence-corrected chi connectivity index (χ1v) is 5.16. The predicted octanol–water partition coefficient (Wildman–Crippen LogP) is 2.61. The van der Waals surface area contributed by atoms with Crippen LogP contribution < -0.4 is 0 Å². The van der Waals surface area contributed by atoms with E-state index in [1.165, 1.54) is 6.92 Å². The standard InChI is InChI=1S/C13H16O2/c1-3-4-5-11-6-7-12(8-10(2)14)13(15)9-11/h3-5,9,12H,1,6-8H2,2H3/b5-4-. The van der Waals surface area contributed by atoms with E-state index in [1.807, 2.05) is 12.2 Å². The van der Waals surface area contributed by atoms with Crippen LogP contribution in [0.25, 0.3) is 0 Å². The molecule has 0 heterocycles. The minimum Gasteiger partial charge on any atom is -0.300 e. The minimum absolute atomic E-state index is 0.0835. The third kappa shape index (κ3) is 3.66. The summed E-state index contributed by atoms with van der Waals surface area (Å²) in [4.78, 5) is 22.5. The van der Waals surface area contributed by atoms with E-state index in [1.54, 1.807) is 12.2 Å². The number of hydrogen-bond acceptors (Lipinski definition) is 2. The van der Waals surface area contributed by atoms with Gasteiger partial charge < -0.3 is 4.79 Å². The van der Waals surface area contributed by atoms with Gasteiger partial charge >= 0.3 is 0 Å². The van der Waals surface area contributed by atoms with Gasteiger partial charge in [0.2, 0.25) is 0 Å². The Bertz CT molecular complexity index is 334. The molecule has 1 unspecified atom stereocenters. The first-order chi connectivity index (χ1) is 7.13. The molecule has 0 spiro atoms. The van der Waals surface area contributed by atoms with Gasteiger partial charge in [0.25, 0.3) is 0 Å². The van der Waals surface area contributed by atoms with Gasteiger partial charge in [0.1, 0.15) is 5.78 Å². The summed E-state index contributed by atoms with van der Waals surface area (Å²) in [7, 11) is 0. The Morgan fingerprint density at radius 1 is 1.67 bits per heavy atom. The lowest BCUT2D eigenvalue weighted by molar-refractivity contribution is -0.124. The number of Topliss-reactive ketones (excluding diaryl/α,β-unsaturated/α-hetero) is 1. The van der Waals surface area contributed by atoms with Crippen molar-refractivity contribution >= 4 is 11.6 Å². The Hall–Kier alpha value is -1.44. The average Bonchev–Trinajstić information content (AvgIpc) is 2.18. The van der Waals surface area contributed by atoms with Crippen LogP contribution in [-0.4, -0.2) is 11.6 Å². The highest BCUT2D eigenvalue weighted by Gasteiger charge is 2.22. The lowest BCUT2D eigenvalue weighted by Crippen LogP contribution is -2.19. The number of hydrogen-bond donors (Lipinski definition) is 0. The maximum Gasteiger partial charge on any atom is 0.159 e. The van der Waals surface area contributed by atoms with Crippen molar-refractivity contribution in [3.05, 3.63) is 36.5 Å². The van der Waals surface area contributed by atoms with Gasteiger partial charge in [-0.2, -0.15) is 0 Å². The summed E-state index contributed by atoms with van der Waals surface area (Å²) in [6.07, 6.45) is 9.09. The number of rotatable bonds is 4. The molecule has 0 N–H and O–H groups in total. The summed E-state index contributed by atoms with van der Waals surface area (Å²) >= 11 is 0. The van der Waals surface area contributed by atoms with Crippen LogP contribution in [-0.2, 0) is 9.59 Å². The Morgan fingerprint density at radius 3 is 2.93 bits per heavy atom. The largest absolute Gasteiger partial charge is 0.300 e. The molecule has 80 valence electrons. The highest BCUT2D eigenvalue weighted by atomic mass is 16.1. The van der Waals surface area contributed by atoms with Gasteiger partial charge in [0.15, 0.2) is 5.78 Å². The van der Waals surface area contributed by atoms with Gasteiger partial charge in [-0.05, 0) is 31.4 Å². The molecule has 0 aliphatic heterocycles. The van der Waals surface area contributed by atoms with E-state index in [9.17, 15) is 9.59 Å². The lowest BCUT2D eigenvalue weighted by Gasteiger charge is -2.17. The number of carbonyl (C=O) groups is 2. The van der Waals surface area contributed by atoms with Gasteiger partial charge in [-0.25, -0.2) is 0 Å². The SMILES string of the molecule is C=C/C=C\C1=CC(=O)C(CC(C)=O)CC1. The molecule has 1 rings (SSSR count). The molecule has 1 aliphatic rings. The van der Waals surface area contributed by atoms with E-state index >= 15 is 0 Å². The van der Waals surface area contributed by atoms with E-state index < -0.39 is 0 Å². The molecule has 2 heteroatoms. The summed E-state index contributed by atoms with van der Waals surface area (Å²) in [5.74, 6) is 0.0791. The molecule has 0 saturated carbocycles. The first kappa shape index (κ1) is 11.6. The number of allylic oxidation sites excluding steroid dienone is 5. The normalized spacial score (nSPS) is 21.5. The van der Waals surface area contributed by atoms with Crippen LogP contribution in [0.4, 0.5) is 0 Å². The molecule has 0 radical (unpaired) electrons. The fraction of sp³-hybridized carbons (Fsp3) is 0.385. The summed E-state index contributed by atoms with van der Waals surface area (Å²) in [5, 5.41) is 0. The van der Waals surface area contributed by atoms with E-state index in [2.05, 4.69) is 6.58 Å². The smallest absolute Gasteiger partial charge is 0.159 e. The van der Waals surface area contributed by atoms with Crippen LogP contribution in [0.15, 0.2) is 36.5 Å². The van der Waals surface area contributed by atoms with Crippen LogP contribution in [0.3, 0.4) is 0 Å². The van der Waals surface area contributed by atoms with E-state index in [4.69, 9.17) is 0 Å². The van der Waals surface area contributed by atoms with Crippen molar-refractivity contribution in [1.29, 1.82) is 0 Å². The quantitative estimate of drug-likeness (QED) is 0.660. The van der Waals surface area contributed by atoms with Gasteiger partial charge in [0, 0.05) is 12.3 Å². The molecule has 0 aromatic heterocycles. The maximum absolute atomic E-state index is 11.6. The molecular formula is C13H16O2. The van der Waals surface area contributed by atoms with Gasteiger partial charge in [-0.1, -0.05) is 24.8 Å². The highest BCUT2D eigenvalue weighted by molar-refractivity contribution is 5.96. The Morgan fingerprint density at radius 2 is 2.40 bits per heavy atom. The molecule has 0 aromatic rings. The summed E-state index contributed by atoms with van der Waals surface area (Å²) in [6, 6.07) is 0. The second kappa shape index (κ2) is 5.44. The fourth-order valence-electron chi connectivity index (χ4n) is 1.73. The maximum atomic E-state index is 11.6. The molecule has 1 aliphatic carbocycles. The van der Waals surface area contributed by atoms with Crippen molar-refractivity contribution in [1.82, 2.24) is 0 Å². The third-order valence-corrected chi connectivity index (χ3v) is 2.49. The van der Waals surface area contributed by atoms with E-state index in [0.717, 1.165) is 18.4 Å². The van der Waals surface area contributed by atoms with E-state index in [-0.39, 0.29) is 17.5 Å². The summed E-state index contributed by atoms with van der Waals surface area (Å²) < 4.78 is 0. The third-order valence-electron chi connectivity index (χ3n) is 2.49. The molecule has 15 heavy (non-hydrogen) atoms. The summed E-state index contributed by atoms with van der Waals surface area (Å²) in [5.41, 5.74) is 1.03. The Labute approximate surface area is 90.4 Å². The van der Waals surface area contributed by atoms with Crippen molar-refractivity contribution < 1.29 is 9.59 Å². The number of carbonyl (C=O) groups excluding carboxylic acids is 2. The van der Waals surface area contributed by atoms with Crippen LogP contribution in [0.1, 0.15) is 26.2 Å². The molecule has 0 amide bonds. The van der Waals surface area contributed by atoms with Crippen molar-refractivity contribution in [3.63, 3.8) is 0 Å². The molecule has 0 aromatic carbocycles. The zero-order chi connectivity index (χ0) is 11.3. The van der Waals surface area contributed by atoms with E-state index in [0.29, 0.717) is 6.42 Å². The highest BCUT2D eigenvalue weighted by Crippen LogP contribution is 2.24. The molecular weight excluding hydrogens is 188 g/mol. The van der Waals surface area contributed by atoms with Crippen molar-refractivity contribution in [2.75, 3.05) is 0 Å².